The Kier molecular flexibility index (Phi) is 4.90. The maximum Gasteiger partial charge on any atom is 0.180 e. The van der Waals surface area contributed by atoms with Crippen molar-refractivity contribution in [2.45, 2.75) is 30.6 Å². The first-order valence-electron chi connectivity index (χ1n) is 8.84. The van der Waals surface area contributed by atoms with Gasteiger partial charge in [-0.1, -0.05) is 48.5 Å². The third kappa shape index (κ3) is 3.22. The highest BCUT2D eigenvalue weighted by Gasteiger charge is 2.43. The van der Waals surface area contributed by atoms with Gasteiger partial charge in [-0.25, -0.2) is 0 Å². The second-order valence-electron chi connectivity index (χ2n) is 6.73. The summed E-state index contributed by atoms with van der Waals surface area (Å²) < 4.78 is 5.18. The first-order valence-corrected chi connectivity index (χ1v) is 8.84. The molecule has 3 aromatic rings. The molecule has 0 saturated carbocycles. The molecule has 3 aromatic carbocycles. The summed E-state index contributed by atoms with van der Waals surface area (Å²) in [6.45, 7) is -0.500. The Labute approximate surface area is 156 Å². The monoisotopic (exact) mass is 367 g/mol. The molecule has 5 atom stereocenters. The van der Waals surface area contributed by atoms with Crippen molar-refractivity contribution in [3.8, 4) is 0 Å². The molecule has 0 spiro atoms. The normalized spacial score (nSPS) is 29.0. The molecule has 0 radical (unpaired) electrons. The van der Waals surface area contributed by atoms with Crippen LogP contribution < -0.4 is 0 Å². The van der Waals surface area contributed by atoms with Crippen molar-refractivity contribution in [2.75, 3.05) is 6.61 Å². The van der Waals surface area contributed by atoms with Crippen LogP contribution in [-0.2, 0) is 4.74 Å². The average molecular weight is 367 g/mol. The van der Waals surface area contributed by atoms with E-state index in [1.807, 2.05) is 48.5 Å². The highest BCUT2D eigenvalue weighted by atomic mass is 16.6. The quantitative estimate of drug-likeness (QED) is 0.412. The Balaban J connectivity index is 1.78. The Morgan fingerprint density at radius 3 is 2.07 bits per heavy atom. The van der Waals surface area contributed by atoms with Gasteiger partial charge in [0.15, 0.2) is 6.29 Å². The van der Waals surface area contributed by atoms with Gasteiger partial charge in [-0.3, -0.25) is 4.99 Å². The summed E-state index contributed by atoms with van der Waals surface area (Å²) >= 11 is 0. The van der Waals surface area contributed by atoms with Crippen LogP contribution in [0.25, 0.3) is 21.5 Å². The number of aliphatic imine (C=N–C) groups is 1. The second kappa shape index (κ2) is 7.34. The fourth-order valence-electron chi connectivity index (χ4n) is 3.59. The van der Waals surface area contributed by atoms with E-state index in [0.29, 0.717) is 0 Å². The fourth-order valence-corrected chi connectivity index (χ4v) is 3.59. The van der Waals surface area contributed by atoms with Crippen LogP contribution in [0.5, 0.6) is 0 Å². The lowest BCUT2D eigenvalue weighted by Crippen LogP contribution is -2.57. The molecule has 27 heavy (non-hydrogen) atoms. The summed E-state index contributed by atoms with van der Waals surface area (Å²) in [5.41, 5.74) is 0.863. The summed E-state index contributed by atoms with van der Waals surface area (Å²) in [6, 6.07) is 16.9. The van der Waals surface area contributed by atoms with Gasteiger partial charge in [0.1, 0.15) is 24.4 Å². The van der Waals surface area contributed by atoms with Crippen molar-refractivity contribution in [1.82, 2.24) is 0 Å². The van der Waals surface area contributed by atoms with Crippen LogP contribution in [0.1, 0.15) is 5.56 Å². The number of ether oxygens (including phenoxy) is 1. The molecule has 140 valence electrons. The Hall–Kier alpha value is -2.35. The predicted octanol–water partition coefficient (Wildman–Crippen LogP) is 1.21. The van der Waals surface area contributed by atoms with Gasteiger partial charge in [0.2, 0.25) is 0 Å². The molecule has 0 amide bonds. The maximum absolute atomic E-state index is 10.3. The zero-order valence-corrected chi connectivity index (χ0v) is 14.5. The Morgan fingerprint density at radius 2 is 1.48 bits per heavy atom. The number of hydrogen-bond donors (Lipinski definition) is 4. The number of rotatable bonds is 3. The Bertz CT molecular complexity index is 935. The standard InChI is InChI=1S/C21H21NO5/c23-11-17-19(24)20(25)18(21(26)27-17)22-10-16-14-7-3-1-5-12(14)9-13-6-2-4-8-15(13)16/h1-10,17-21,23-26H,11H2/t17-,18-,19-,20-,21?/m1/s1. The van der Waals surface area contributed by atoms with Crippen LogP contribution in [0.4, 0.5) is 0 Å². The summed E-state index contributed by atoms with van der Waals surface area (Å²) in [5, 5.41) is 43.8. The molecule has 1 fully saturated rings. The van der Waals surface area contributed by atoms with Gasteiger partial charge in [-0.05, 0) is 27.6 Å². The van der Waals surface area contributed by atoms with Crippen molar-refractivity contribution in [3.05, 3.63) is 60.2 Å². The lowest BCUT2D eigenvalue weighted by Gasteiger charge is -2.38. The molecule has 1 heterocycles. The molecule has 1 saturated heterocycles. The van der Waals surface area contributed by atoms with E-state index in [1.54, 1.807) is 6.21 Å². The van der Waals surface area contributed by atoms with E-state index in [-0.39, 0.29) is 0 Å². The van der Waals surface area contributed by atoms with Gasteiger partial charge in [0.25, 0.3) is 0 Å². The largest absolute Gasteiger partial charge is 0.394 e. The van der Waals surface area contributed by atoms with Crippen LogP contribution in [-0.4, -0.2) is 63.9 Å². The molecule has 0 aliphatic carbocycles. The summed E-state index contributed by atoms with van der Waals surface area (Å²) in [4.78, 5) is 4.34. The third-order valence-corrected chi connectivity index (χ3v) is 5.06. The van der Waals surface area contributed by atoms with Gasteiger partial charge in [-0.2, -0.15) is 0 Å². The van der Waals surface area contributed by atoms with Crippen LogP contribution in [0, 0.1) is 0 Å². The summed E-state index contributed by atoms with van der Waals surface area (Å²) in [5.74, 6) is 0. The molecular formula is C21H21NO5. The summed E-state index contributed by atoms with van der Waals surface area (Å²) in [7, 11) is 0. The number of aliphatic hydroxyl groups excluding tert-OH is 4. The molecule has 0 aromatic heterocycles. The first kappa shape index (κ1) is 18.0. The van der Waals surface area contributed by atoms with Crippen LogP contribution in [0.15, 0.2) is 59.6 Å². The van der Waals surface area contributed by atoms with E-state index in [2.05, 4.69) is 11.1 Å². The molecule has 1 aliphatic rings. The van der Waals surface area contributed by atoms with Gasteiger partial charge in [-0.15, -0.1) is 0 Å². The molecule has 4 N–H and O–H groups in total. The van der Waals surface area contributed by atoms with E-state index in [9.17, 15) is 20.4 Å². The molecular weight excluding hydrogens is 346 g/mol. The van der Waals surface area contributed by atoms with Gasteiger partial charge in [0.05, 0.1) is 6.61 Å². The van der Waals surface area contributed by atoms with Crippen molar-refractivity contribution in [1.29, 1.82) is 0 Å². The zero-order chi connectivity index (χ0) is 19.0. The molecule has 1 aliphatic heterocycles. The van der Waals surface area contributed by atoms with E-state index < -0.39 is 37.3 Å². The third-order valence-electron chi connectivity index (χ3n) is 5.06. The molecule has 0 bridgehead atoms. The number of hydrogen-bond acceptors (Lipinski definition) is 6. The topological polar surface area (TPSA) is 103 Å². The molecule has 6 heteroatoms. The number of fused-ring (bicyclic) bond motifs is 2. The number of benzene rings is 3. The molecule has 4 rings (SSSR count). The zero-order valence-electron chi connectivity index (χ0n) is 14.5. The van der Waals surface area contributed by atoms with Crippen LogP contribution >= 0.6 is 0 Å². The highest BCUT2D eigenvalue weighted by Crippen LogP contribution is 2.28. The SMILES string of the molecule is OC[C@H]1OC(O)[C@H](N=Cc2c3ccccc3cc3ccccc23)[C@@H](O)[C@@H]1O. The molecule has 6 nitrogen and oxygen atoms in total. The minimum atomic E-state index is -1.42. The lowest BCUT2D eigenvalue weighted by atomic mass is 9.96. The predicted molar refractivity (Wildman–Crippen MR) is 103 cm³/mol. The van der Waals surface area contributed by atoms with Crippen molar-refractivity contribution >= 4 is 27.8 Å². The minimum absolute atomic E-state index is 0.500. The number of aliphatic hydroxyl groups is 4. The van der Waals surface area contributed by atoms with Gasteiger partial charge >= 0.3 is 0 Å². The minimum Gasteiger partial charge on any atom is -0.394 e. The second-order valence-corrected chi connectivity index (χ2v) is 6.73. The van der Waals surface area contributed by atoms with Crippen molar-refractivity contribution in [2.24, 2.45) is 4.99 Å². The smallest absolute Gasteiger partial charge is 0.180 e. The average Bonchev–Trinajstić information content (AvgIpc) is 2.69. The van der Waals surface area contributed by atoms with E-state index in [1.165, 1.54) is 0 Å². The maximum atomic E-state index is 10.3. The Morgan fingerprint density at radius 1 is 0.889 bits per heavy atom. The van der Waals surface area contributed by atoms with E-state index in [4.69, 9.17) is 4.74 Å². The van der Waals surface area contributed by atoms with Gasteiger partial charge in [0, 0.05) is 11.8 Å². The lowest BCUT2D eigenvalue weighted by molar-refractivity contribution is -0.248. The van der Waals surface area contributed by atoms with Crippen LogP contribution in [0.2, 0.25) is 0 Å². The van der Waals surface area contributed by atoms with E-state index in [0.717, 1.165) is 27.1 Å². The van der Waals surface area contributed by atoms with E-state index >= 15 is 0 Å². The highest BCUT2D eigenvalue weighted by molar-refractivity contribution is 6.13. The van der Waals surface area contributed by atoms with Crippen molar-refractivity contribution in [3.63, 3.8) is 0 Å². The van der Waals surface area contributed by atoms with Gasteiger partial charge < -0.3 is 25.2 Å². The first-order chi connectivity index (χ1) is 13.1. The fraction of sp³-hybridized carbons (Fsp3) is 0.286. The summed E-state index contributed by atoms with van der Waals surface area (Å²) in [6.07, 6.45) is -3.53. The molecule has 1 unspecified atom stereocenters. The number of nitrogens with zero attached hydrogens (tertiary/aromatic N) is 1. The van der Waals surface area contributed by atoms with Crippen molar-refractivity contribution < 1.29 is 25.2 Å². The van der Waals surface area contributed by atoms with Crippen LogP contribution in [0.3, 0.4) is 0 Å².